The number of alkyl halides is 3. The normalized spacial score (nSPS) is 22.7. The molecule has 0 heterocycles. The molecule has 0 aromatic heterocycles. The molecule has 1 aliphatic carbocycles. The van der Waals surface area contributed by atoms with Crippen molar-refractivity contribution in [1.29, 1.82) is 0 Å². The number of primary amides is 1. The van der Waals surface area contributed by atoms with Crippen LogP contribution in [0.3, 0.4) is 0 Å². The second-order valence-electron chi connectivity index (χ2n) is 5.61. The highest BCUT2D eigenvalue weighted by atomic mass is 32.2. The summed E-state index contributed by atoms with van der Waals surface area (Å²) in [7, 11) is -3.94. The average Bonchev–Trinajstić information content (AvgIpc) is 2.46. The van der Waals surface area contributed by atoms with Gasteiger partial charge < -0.3 is 5.73 Å². The first-order valence-electron chi connectivity index (χ1n) is 7.08. The van der Waals surface area contributed by atoms with Gasteiger partial charge in [0.2, 0.25) is 15.9 Å². The van der Waals surface area contributed by atoms with Crippen molar-refractivity contribution in [2.75, 3.05) is 0 Å². The number of nitrogens with one attached hydrogen (secondary N) is 1. The zero-order chi connectivity index (χ0) is 17.3. The molecule has 1 aliphatic rings. The fraction of sp³-hybridized carbons (Fsp3) is 0.500. The van der Waals surface area contributed by atoms with Gasteiger partial charge in [0.15, 0.2) is 0 Å². The molecular formula is C14H17F3N2O3S. The summed E-state index contributed by atoms with van der Waals surface area (Å²) in [6.07, 6.45) is -3.87. The van der Waals surface area contributed by atoms with Crippen LogP contribution in [0.25, 0.3) is 0 Å². The molecule has 23 heavy (non-hydrogen) atoms. The van der Waals surface area contributed by atoms with Gasteiger partial charge in [-0.15, -0.1) is 0 Å². The quantitative estimate of drug-likeness (QED) is 0.872. The third-order valence-electron chi connectivity index (χ3n) is 3.91. The number of halogens is 3. The maximum absolute atomic E-state index is 12.8. The lowest BCUT2D eigenvalue weighted by atomic mass is 9.86. The Morgan fingerprint density at radius 2 is 1.78 bits per heavy atom. The second-order valence-corrected chi connectivity index (χ2v) is 7.33. The number of amides is 1. The van der Waals surface area contributed by atoms with Gasteiger partial charge in [-0.1, -0.05) is 6.42 Å². The fourth-order valence-corrected chi connectivity index (χ4v) is 3.96. The molecule has 1 aromatic carbocycles. The van der Waals surface area contributed by atoms with Gasteiger partial charge in [-0.2, -0.15) is 13.2 Å². The topological polar surface area (TPSA) is 89.3 Å². The minimum atomic E-state index is -4.31. The van der Waals surface area contributed by atoms with Gasteiger partial charge in [-0.25, -0.2) is 13.1 Å². The molecule has 9 heteroatoms. The van der Waals surface area contributed by atoms with Crippen LogP contribution < -0.4 is 10.5 Å². The first-order valence-corrected chi connectivity index (χ1v) is 8.57. The Morgan fingerprint density at radius 3 is 2.30 bits per heavy atom. The molecule has 5 nitrogen and oxygen atoms in total. The predicted octanol–water partition coefficient (Wildman–Crippen LogP) is 2.18. The molecule has 1 saturated carbocycles. The molecule has 2 atom stereocenters. The summed E-state index contributed by atoms with van der Waals surface area (Å²) >= 11 is 0. The van der Waals surface area contributed by atoms with Crippen LogP contribution in [-0.4, -0.2) is 26.5 Å². The lowest BCUT2D eigenvalue weighted by Gasteiger charge is -2.30. The molecule has 128 valence electrons. The lowest BCUT2D eigenvalue weighted by molar-refractivity contribution is -0.183. The van der Waals surface area contributed by atoms with Crippen molar-refractivity contribution in [2.45, 2.75) is 42.8 Å². The van der Waals surface area contributed by atoms with Gasteiger partial charge >= 0.3 is 6.18 Å². The van der Waals surface area contributed by atoms with Crippen molar-refractivity contribution in [3.63, 3.8) is 0 Å². The second kappa shape index (κ2) is 6.48. The molecule has 2 rings (SSSR count). The number of benzene rings is 1. The Morgan fingerprint density at radius 1 is 1.17 bits per heavy atom. The van der Waals surface area contributed by atoms with Crippen LogP contribution in [-0.2, 0) is 10.0 Å². The summed E-state index contributed by atoms with van der Waals surface area (Å²) in [5.74, 6) is -2.18. The highest BCUT2D eigenvalue weighted by Gasteiger charge is 2.42. The van der Waals surface area contributed by atoms with E-state index in [0.717, 1.165) is 0 Å². The Hall–Kier alpha value is -1.61. The Kier molecular flexibility index (Phi) is 5.00. The van der Waals surface area contributed by atoms with E-state index in [2.05, 4.69) is 4.72 Å². The maximum atomic E-state index is 12.8. The minimum absolute atomic E-state index is 0.0229. The van der Waals surface area contributed by atoms with Crippen LogP contribution >= 0.6 is 0 Å². The van der Waals surface area contributed by atoms with Gasteiger partial charge in [0, 0.05) is 11.6 Å². The minimum Gasteiger partial charge on any atom is -0.366 e. The Labute approximate surface area is 132 Å². The van der Waals surface area contributed by atoms with Crippen LogP contribution in [0.15, 0.2) is 29.2 Å². The van der Waals surface area contributed by atoms with E-state index in [1.165, 1.54) is 24.3 Å². The molecule has 3 N–H and O–H groups in total. The van der Waals surface area contributed by atoms with Gasteiger partial charge in [0.1, 0.15) is 0 Å². The standard InChI is InChI=1S/C14H17F3N2O3S/c15-14(16,17)10-2-1-3-11(8-10)19-23(21,22)12-6-4-9(5-7-12)13(18)20/h4-7,10-11,19H,1-3,8H2,(H2,18,20)/t10-,11+/m0/s1. The SMILES string of the molecule is NC(=O)c1ccc(S(=O)(=O)N[C@@H]2CCC[C@H](C(F)(F)F)C2)cc1. The number of hydrogen-bond acceptors (Lipinski definition) is 3. The molecule has 0 radical (unpaired) electrons. The van der Waals surface area contributed by atoms with Crippen LogP contribution in [0.4, 0.5) is 13.2 Å². The van der Waals surface area contributed by atoms with Gasteiger partial charge in [0.25, 0.3) is 0 Å². The number of sulfonamides is 1. The van der Waals surface area contributed by atoms with Gasteiger partial charge in [-0.05, 0) is 43.5 Å². The molecule has 0 unspecified atom stereocenters. The molecule has 0 spiro atoms. The zero-order valence-electron chi connectivity index (χ0n) is 12.1. The van der Waals surface area contributed by atoms with E-state index in [4.69, 9.17) is 5.73 Å². The maximum Gasteiger partial charge on any atom is 0.391 e. The number of carbonyl (C=O) groups is 1. The third-order valence-corrected chi connectivity index (χ3v) is 5.44. The van der Waals surface area contributed by atoms with Crippen LogP contribution in [0.5, 0.6) is 0 Å². The van der Waals surface area contributed by atoms with Crippen molar-refractivity contribution >= 4 is 15.9 Å². The highest BCUT2D eigenvalue weighted by Crippen LogP contribution is 2.37. The number of hydrogen-bond donors (Lipinski definition) is 2. The Balaban J connectivity index is 2.10. The summed E-state index contributed by atoms with van der Waals surface area (Å²) in [5, 5.41) is 0. The third kappa shape index (κ3) is 4.44. The Bertz CT molecular complexity index is 672. The summed E-state index contributed by atoms with van der Waals surface area (Å²) in [5.41, 5.74) is 5.22. The molecule has 0 saturated heterocycles. The van der Waals surface area contributed by atoms with E-state index in [-0.39, 0.29) is 23.3 Å². The predicted molar refractivity (Wildman–Crippen MR) is 77.1 cm³/mol. The van der Waals surface area contributed by atoms with E-state index in [9.17, 15) is 26.4 Å². The molecular weight excluding hydrogens is 333 g/mol. The smallest absolute Gasteiger partial charge is 0.366 e. The number of rotatable bonds is 4. The molecule has 0 bridgehead atoms. The van der Waals surface area contributed by atoms with Crippen molar-refractivity contribution < 1.29 is 26.4 Å². The van der Waals surface area contributed by atoms with Crippen LogP contribution in [0, 0.1) is 5.92 Å². The van der Waals surface area contributed by atoms with Gasteiger partial charge in [-0.3, -0.25) is 4.79 Å². The monoisotopic (exact) mass is 350 g/mol. The van der Waals surface area contributed by atoms with E-state index >= 15 is 0 Å². The van der Waals surface area contributed by atoms with E-state index in [1.807, 2.05) is 0 Å². The number of carbonyl (C=O) groups excluding carboxylic acids is 1. The van der Waals surface area contributed by atoms with Crippen molar-refractivity contribution in [3.05, 3.63) is 29.8 Å². The zero-order valence-corrected chi connectivity index (χ0v) is 13.0. The fourth-order valence-electron chi connectivity index (χ4n) is 2.68. The number of nitrogens with two attached hydrogens (primary N) is 1. The van der Waals surface area contributed by atoms with E-state index < -0.39 is 34.1 Å². The summed E-state index contributed by atoms with van der Waals surface area (Å²) in [6.45, 7) is 0. The summed E-state index contributed by atoms with van der Waals surface area (Å²) in [6, 6.07) is 4.17. The molecule has 1 aromatic rings. The molecule has 1 amide bonds. The highest BCUT2D eigenvalue weighted by molar-refractivity contribution is 7.89. The molecule has 1 fully saturated rings. The van der Waals surface area contributed by atoms with E-state index in [1.54, 1.807) is 0 Å². The largest absolute Gasteiger partial charge is 0.391 e. The summed E-state index contributed by atoms with van der Waals surface area (Å²) in [4.78, 5) is 10.8. The first kappa shape index (κ1) is 17.7. The lowest BCUT2D eigenvalue weighted by Crippen LogP contribution is -2.41. The van der Waals surface area contributed by atoms with Crippen molar-refractivity contribution in [1.82, 2.24) is 4.72 Å². The van der Waals surface area contributed by atoms with E-state index in [0.29, 0.717) is 12.8 Å². The van der Waals surface area contributed by atoms with Gasteiger partial charge in [0.05, 0.1) is 10.8 Å². The van der Waals surface area contributed by atoms with Crippen molar-refractivity contribution in [2.24, 2.45) is 11.7 Å². The summed E-state index contributed by atoms with van der Waals surface area (Å²) < 4.78 is 65.1. The van der Waals surface area contributed by atoms with Crippen LogP contribution in [0.1, 0.15) is 36.0 Å². The molecule has 0 aliphatic heterocycles. The van der Waals surface area contributed by atoms with Crippen LogP contribution in [0.2, 0.25) is 0 Å². The average molecular weight is 350 g/mol. The first-order chi connectivity index (χ1) is 10.6. The van der Waals surface area contributed by atoms with Crippen molar-refractivity contribution in [3.8, 4) is 0 Å².